The van der Waals surface area contributed by atoms with Crippen molar-refractivity contribution in [3.63, 3.8) is 0 Å². The minimum atomic E-state index is -0.681. The summed E-state index contributed by atoms with van der Waals surface area (Å²) in [5.41, 5.74) is 1.89. The lowest BCUT2D eigenvalue weighted by Gasteiger charge is -2.29. The molecule has 5 rings (SSSR count). The van der Waals surface area contributed by atoms with Gasteiger partial charge in [-0.3, -0.25) is 14.4 Å². The van der Waals surface area contributed by atoms with Crippen molar-refractivity contribution in [2.24, 2.45) is 0 Å². The number of ether oxygens (including phenoxy) is 1. The van der Waals surface area contributed by atoms with E-state index in [0.29, 0.717) is 60.1 Å². The monoisotopic (exact) mass is 574 g/mol. The zero-order chi connectivity index (χ0) is 28.9. The van der Waals surface area contributed by atoms with Crippen LogP contribution in [0.15, 0.2) is 60.1 Å². The number of aromatic nitrogens is 2. The maximum Gasteiger partial charge on any atom is 0.270 e. The fourth-order valence-corrected chi connectivity index (χ4v) is 5.39. The second-order valence-electron chi connectivity index (χ2n) is 9.77. The lowest BCUT2D eigenvalue weighted by molar-refractivity contribution is 0.0888. The highest BCUT2D eigenvalue weighted by Gasteiger charge is 2.26. The molecule has 2 amide bonds. The van der Waals surface area contributed by atoms with E-state index in [2.05, 4.69) is 20.6 Å². The van der Waals surface area contributed by atoms with Crippen LogP contribution in [0.4, 0.5) is 4.39 Å². The SMILES string of the molecule is Cc1nc(C(=O)NC2CCC(NC(=O)c3cc(F)cnc3Oc3cccc(-c4ccc(O)cc4C=O)c3)CC2)cs1. The van der Waals surface area contributed by atoms with Crippen molar-refractivity contribution in [1.29, 1.82) is 0 Å². The van der Waals surface area contributed by atoms with Gasteiger partial charge in [0.2, 0.25) is 5.88 Å². The molecular weight excluding hydrogens is 547 g/mol. The first-order valence-corrected chi connectivity index (χ1v) is 13.9. The molecule has 0 radical (unpaired) electrons. The summed E-state index contributed by atoms with van der Waals surface area (Å²) in [5, 5.41) is 18.2. The van der Waals surface area contributed by atoms with Crippen molar-refractivity contribution in [1.82, 2.24) is 20.6 Å². The van der Waals surface area contributed by atoms with E-state index in [1.807, 2.05) is 6.92 Å². The van der Waals surface area contributed by atoms with Gasteiger partial charge in [0.05, 0.1) is 11.2 Å². The second kappa shape index (κ2) is 12.3. The van der Waals surface area contributed by atoms with Gasteiger partial charge in [0.15, 0.2) is 6.29 Å². The summed E-state index contributed by atoms with van der Waals surface area (Å²) < 4.78 is 20.1. The number of phenolic OH excluding ortho intramolecular Hbond substituents is 1. The van der Waals surface area contributed by atoms with E-state index in [0.717, 1.165) is 17.3 Å². The molecule has 0 bridgehead atoms. The van der Waals surface area contributed by atoms with Crippen LogP contribution in [0.2, 0.25) is 0 Å². The number of amides is 2. The van der Waals surface area contributed by atoms with Gasteiger partial charge in [-0.2, -0.15) is 0 Å². The highest BCUT2D eigenvalue weighted by molar-refractivity contribution is 7.09. The van der Waals surface area contributed by atoms with E-state index < -0.39 is 11.7 Å². The van der Waals surface area contributed by atoms with Gasteiger partial charge in [0.1, 0.15) is 28.6 Å². The number of rotatable bonds is 8. The molecule has 4 aromatic rings. The number of benzene rings is 2. The summed E-state index contributed by atoms with van der Waals surface area (Å²) in [6, 6.07) is 12.2. The normalized spacial score (nSPS) is 16.5. The summed E-state index contributed by atoms with van der Waals surface area (Å²) >= 11 is 1.42. The maximum atomic E-state index is 14.1. The number of halogens is 1. The molecule has 0 spiro atoms. The van der Waals surface area contributed by atoms with Crippen LogP contribution in [0, 0.1) is 12.7 Å². The van der Waals surface area contributed by atoms with Crippen molar-refractivity contribution in [2.45, 2.75) is 44.7 Å². The minimum Gasteiger partial charge on any atom is -0.508 e. The quantitative estimate of drug-likeness (QED) is 0.239. The molecule has 0 saturated heterocycles. The summed E-state index contributed by atoms with van der Waals surface area (Å²) in [6.45, 7) is 1.85. The van der Waals surface area contributed by atoms with Gasteiger partial charge in [0.25, 0.3) is 11.8 Å². The Balaban J connectivity index is 1.24. The third-order valence-corrected chi connectivity index (χ3v) is 7.61. The molecule has 1 aliphatic carbocycles. The minimum absolute atomic E-state index is 0.0204. The zero-order valence-corrected chi connectivity index (χ0v) is 22.9. The summed E-state index contributed by atoms with van der Waals surface area (Å²) in [5.74, 6) is -1.17. The molecular formula is C30H27FN4O5S. The van der Waals surface area contributed by atoms with E-state index in [1.54, 1.807) is 35.7 Å². The molecule has 41 heavy (non-hydrogen) atoms. The van der Waals surface area contributed by atoms with E-state index in [1.165, 1.54) is 23.5 Å². The molecule has 0 atom stereocenters. The first kappa shape index (κ1) is 27.9. The number of pyridine rings is 1. The Morgan fingerprint density at radius 1 is 1.05 bits per heavy atom. The highest BCUT2D eigenvalue weighted by atomic mass is 32.1. The summed E-state index contributed by atoms with van der Waals surface area (Å²) in [7, 11) is 0. The predicted octanol–water partition coefficient (Wildman–Crippen LogP) is 5.43. The predicted molar refractivity (Wildman–Crippen MR) is 151 cm³/mol. The molecule has 1 saturated carbocycles. The van der Waals surface area contributed by atoms with E-state index in [9.17, 15) is 23.9 Å². The second-order valence-corrected chi connectivity index (χ2v) is 10.8. The number of carbonyl (C=O) groups is 3. The Morgan fingerprint density at radius 3 is 2.46 bits per heavy atom. The first-order valence-electron chi connectivity index (χ1n) is 13.0. The van der Waals surface area contributed by atoms with Crippen molar-refractivity contribution in [3.05, 3.63) is 87.8 Å². The molecule has 9 nitrogen and oxygen atoms in total. The Kier molecular flexibility index (Phi) is 8.34. The summed E-state index contributed by atoms with van der Waals surface area (Å²) in [4.78, 5) is 45.4. The number of thiazole rings is 1. The molecule has 1 fully saturated rings. The molecule has 11 heteroatoms. The van der Waals surface area contributed by atoms with Crippen molar-refractivity contribution in [2.75, 3.05) is 0 Å². The van der Waals surface area contributed by atoms with Gasteiger partial charge >= 0.3 is 0 Å². The maximum absolute atomic E-state index is 14.1. The van der Waals surface area contributed by atoms with Crippen molar-refractivity contribution >= 4 is 29.4 Å². The topological polar surface area (TPSA) is 131 Å². The Labute approximate surface area is 239 Å². The molecule has 3 N–H and O–H groups in total. The van der Waals surface area contributed by atoms with Crippen molar-refractivity contribution < 1.29 is 28.6 Å². The molecule has 0 aliphatic heterocycles. The van der Waals surface area contributed by atoms with Crippen LogP contribution in [0.3, 0.4) is 0 Å². The van der Waals surface area contributed by atoms with Gasteiger partial charge in [-0.15, -0.1) is 11.3 Å². The molecule has 2 aromatic carbocycles. The van der Waals surface area contributed by atoms with Gasteiger partial charge in [-0.1, -0.05) is 12.1 Å². The van der Waals surface area contributed by atoms with Crippen LogP contribution in [-0.4, -0.2) is 45.3 Å². The first-order chi connectivity index (χ1) is 19.8. The van der Waals surface area contributed by atoms with E-state index in [4.69, 9.17) is 4.74 Å². The largest absolute Gasteiger partial charge is 0.508 e. The lowest BCUT2D eigenvalue weighted by atomic mass is 9.91. The number of aldehydes is 1. The third kappa shape index (κ3) is 6.75. The number of carbonyl (C=O) groups excluding carboxylic acids is 3. The van der Waals surface area contributed by atoms with E-state index >= 15 is 0 Å². The Morgan fingerprint density at radius 2 is 1.78 bits per heavy atom. The third-order valence-electron chi connectivity index (χ3n) is 6.83. The van der Waals surface area contributed by atoms with Crippen LogP contribution in [0.1, 0.15) is 61.9 Å². The number of hydrogen-bond donors (Lipinski definition) is 3. The van der Waals surface area contributed by atoms with Gasteiger partial charge in [-0.05, 0) is 80.1 Å². The molecule has 210 valence electrons. The number of nitrogens with zero attached hydrogens (tertiary/aromatic N) is 2. The average Bonchev–Trinajstić information content (AvgIpc) is 3.41. The Bertz CT molecular complexity index is 1600. The van der Waals surface area contributed by atoms with Gasteiger partial charge in [0, 0.05) is 23.0 Å². The smallest absolute Gasteiger partial charge is 0.270 e. The van der Waals surface area contributed by atoms with E-state index in [-0.39, 0.29) is 35.2 Å². The van der Waals surface area contributed by atoms with Crippen LogP contribution < -0.4 is 15.4 Å². The fraction of sp³-hybridized carbons (Fsp3) is 0.233. The summed E-state index contributed by atoms with van der Waals surface area (Å²) in [6.07, 6.45) is 4.25. The Hall–Kier alpha value is -4.64. The van der Waals surface area contributed by atoms with Crippen LogP contribution in [0.5, 0.6) is 17.4 Å². The molecule has 0 unspecified atom stereocenters. The van der Waals surface area contributed by atoms with Crippen LogP contribution >= 0.6 is 11.3 Å². The number of aryl methyl sites for hydroxylation is 1. The number of hydrogen-bond acceptors (Lipinski definition) is 8. The molecule has 1 aliphatic rings. The standard InChI is InChI=1S/C30H27FN4O5S/c1-17-33-27(16-41-17)29(39)35-22-7-5-21(6-8-22)34-28(38)26-13-20(31)14-32-30(26)40-24-4-2-3-18(12-24)25-10-9-23(37)11-19(25)15-36/h2-4,9-16,21-22,37H,5-8H2,1H3,(H,34,38)(H,35,39). The molecule has 2 heterocycles. The fourth-order valence-electron chi connectivity index (χ4n) is 4.79. The van der Waals surface area contributed by atoms with Gasteiger partial charge in [-0.25, -0.2) is 14.4 Å². The number of aromatic hydroxyl groups is 1. The highest BCUT2D eigenvalue weighted by Crippen LogP contribution is 2.31. The van der Waals surface area contributed by atoms with Gasteiger partial charge < -0.3 is 20.5 Å². The lowest BCUT2D eigenvalue weighted by Crippen LogP contribution is -2.44. The number of nitrogens with one attached hydrogen (secondary N) is 2. The van der Waals surface area contributed by atoms with Crippen molar-refractivity contribution in [3.8, 4) is 28.5 Å². The van der Waals surface area contributed by atoms with Crippen LogP contribution in [-0.2, 0) is 0 Å². The average molecular weight is 575 g/mol. The molecule has 2 aromatic heterocycles. The number of phenols is 1. The zero-order valence-electron chi connectivity index (χ0n) is 22.1. The van der Waals surface area contributed by atoms with Crippen LogP contribution in [0.25, 0.3) is 11.1 Å².